The molecule has 0 aliphatic heterocycles. The molecular weight excluding hydrogens is 296 g/mol. The van der Waals surface area contributed by atoms with Crippen molar-refractivity contribution in [2.75, 3.05) is 11.9 Å². The average Bonchev–Trinajstić information content (AvgIpc) is 2.94. The molecule has 0 saturated carbocycles. The summed E-state index contributed by atoms with van der Waals surface area (Å²) in [6, 6.07) is 7.80. The normalized spacial score (nSPS) is 11.0. The predicted octanol–water partition coefficient (Wildman–Crippen LogP) is 4.41. The summed E-state index contributed by atoms with van der Waals surface area (Å²) in [6.45, 7) is 8.34. The summed E-state index contributed by atoms with van der Waals surface area (Å²) in [6.07, 6.45) is 0. The van der Waals surface area contributed by atoms with Gasteiger partial charge in [-0.25, -0.2) is 4.98 Å². The van der Waals surface area contributed by atoms with Gasteiger partial charge >= 0.3 is 0 Å². The Balaban J connectivity index is 1.93. The monoisotopic (exact) mass is 318 g/mol. The largest absolute Gasteiger partial charge is 0.483 e. The van der Waals surface area contributed by atoms with Crippen molar-refractivity contribution in [3.05, 3.63) is 40.9 Å². The fourth-order valence-corrected chi connectivity index (χ4v) is 2.88. The molecule has 1 aromatic carbocycles. The van der Waals surface area contributed by atoms with Gasteiger partial charge < -0.3 is 4.74 Å². The number of anilines is 1. The minimum absolute atomic E-state index is 0.0136. The van der Waals surface area contributed by atoms with Crippen molar-refractivity contribution in [3.63, 3.8) is 0 Å². The predicted molar refractivity (Wildman–Crippen MR) is 90.9 cm³/mol. The van der Waals surface area contributed by atoms with Gasteiger partial charge in [-0.2, -0.15) is 0 Å². The quantitative estimate of drug-likeness (QED) is 0.858. The number of carbonyl (C=O) groups is 1. The molecule has 118 valence electrons. The third-order valence-corrected chi connectivity index (χ3v) is 4.04. The number of thiazole rings is 1. The maximum atomic E-state index is 12.0. The first kappa shape index (κ1) is 16.5. The lowest BCUT2D eigenvalue weighted by Gasteiger charge is -2.13. The van der Waals surface area contributed by atoms with E-state index in [0.29, 0.717) is 17.0 Å². The van der Waals surface area contributed by atoms with Gasteiger partial charge in [0.25, 0.3) is 5.91 Å². The molecule has 0 spiro atoms. The van der Waals surface area contributed by atoms with Gasteiger partial charge in [-0.05, 0) is 23.5 Å². The van der Waals surface area contributed by atoms with Gasteiger partial charge in [0, 0.05) is 5.38 Å². The molecule has 1 amide bonds. The molecule has 0 aliphatic carbocycles. The van der Waals surface area contributed by atoms with Gasteiger partial charge in [-0.1, -0.05) is 45.9 Å². The highest BCUT2D eigenvalue weighted by Crippen LogP contribution is 2.26. The van der Waals surface area contributed by atoms with Crippen LogP contribution in [0.1, 0.15) is 50.8 Å². The lowest BCUT2D eigenvalue weighted by Crippen LogP contribution is -2.20. The molecule has 0 saturated heterocycles. The van der Waals surface area contributed by atoms with E-state index in [1.807, 2.05) is 29.6 Å². The van der Waals surface area contributed by atoms with E-state index in [0.717, 1.165) is 17.0 Å². The standard InChI is InChI=1S/C17H22N2O2S/c1-11(2)13-7-5-6-8-15(13)21-9-16(20)19-17-18-14(10-22-17)12(3)4/h5-8,10-12H,9H2,1-4H3,(H,18,19,20). The van der Waals surface area contributed by atoms with E-state index < -0.39 is 0 Å². The van der Waals surface area contributed by atoms with Crippen molar-refractivity contribution in [2.45, 2.75) is 39.5 Å². The van der Waals surface area contributed by atoms with Crippen LogP contribution in [0.5, 0.6) is 5.75 Å². The van der Waals surface area contributed by atoms with Crippen LogP contribution in [0.4, 0.5) is 5.13 Å². The van der Waals surface area contributed by atoms with E-state index in [9.17, 15) is 4.79 Å². The van der Waals surface area contributed by atoms with Crippen LogP contribution in [0.15, 0.2) is 29.6 Å². The molecule has 0 unspecified atom stereocenters. The summed E-state index contributed by atoms with van der Waals surface area (Å²) in [5.41, 5.74) is 2.10. The third kappa shape index (κ3) is 4.31. The van der Waals surface area contributed by atoms with E-state index in [1.54, 1.807) is 0 Å². The van der Waals surface area contributed by atoms with Crippen LogP contribution in [-0.4, -0.2) is 17.5 Å². The van der Waals surface area contributed by atoms with Gasteiger partial charge in [0.2, 0.25) is 0 Å². The Morgan fingerprint density at radius 1 is 1.23 bits per heavy atom. The van der Waals surface area contributed by atoms with Crippen LogP contribution in [0.25, 0.3) is 0 Å². The highest BCUT2D eigenvalue weighted by Gasteiger charge is 2.11. The minimum Gasteiger partial charge on any atom is -0.483 e. The molecule has 0 radical (unpaired) electrons. The van der Waals surface area contributed by atoms with Gasteiger partial charge in [-0.3, -0.25) is 10.1 Å². The lowest BCUT2D eigenvalue weighted by molar-refractivity contribution is -0.118. The summed E-state index contributed by atoms with van der Waals surface area (Å²) >= 11 is 1.44. The Kier molecular flexibility index (Phi) is 5.55. The maximum Gasteiger partial charge on any atom is 0.264 e. The molecular formula is C17H22N2O2S. The summed E-state index contributed by atoms with van der Waals surface area (Å²) < 4.78 is 5.65. The minimum atomic E-state index is -0.191. The molecule has 22 heavy (non-hydrogen) atoms. The van der Waals surface area contributed by atoms with E-state index in [2.05, 4.69) is 38.0 Å². The van der Waals surface area contributed by atoms with E-state index in [1.165, 1.54) is 11.3 Å². The third-order valence-electron chi connectivity index (χ3n) is 3.26. The van der Waals surface area contributed by atoms with Crippen molar-refractivity contribution in [2.24, 2.45) is 0 Å². The molecule has 1 N–H and O–H groups in total. The zero-order chi connectivity index (χ0) is 16.1. The van der Waals surface area contributed by atoms with Crippen LogP contribution in [0.3, 0.4) is 0 Å². The highest BCUT2D eigenvalue weighted by molar-refractivity contribution is 7.13. The topological polar surface area (TPSA) is 51.2 Å². The molecule has 5 heteroatoms. The molecule has 0 fully saturated rings. The second kappa shape index (κ2) is 7.40. The van der Waals surface area contributed by atoms with Gasteiger partial charge in [0.05, 0.1) is 5.69 Å². The van der Waals surface area contributed by atoms with Crippen LogP contribution in [-0.2, 0) is 4.79 Å². The molecule has 2 rings (SSSR count). The Labute approximate surface area is 135 Å². The number of hydrogen-bond acceptors (Lipinski definition) is 4. The molecule has 1 aromatic heterocycles. The van der Waals surface area contributed by atoms with E-state index in [-0.39, 0.29) is 12.5 Å². The number of aromatic nitrogens is 1. The first-order valence-electron chi connectivity index (χ1n) is 7.44. The van der Waals surface area contributed by atoms with Gasteiger partial charge in [0.15, 0.2) is 11.7 Å². The number of ether oxygens (including phenoxy) is 1. The van der Waals surface area contributed by atoms with Gasteiger partial charge in [-0.15, -0.1) is 11.3 Å². The first-order chi connectivity index (χ1) is 10.5. The van der Waals surface area contributed by atoms with Crippen LogP contribution >= 0.6 is 11.3 Å². The van der Waals surface area contributed by atoms with Crippen molar-refractivity contribution < 1.29 is 9.53 Å². The van der Waals surface area contributed by atoms with E-state index in [4.69, 9.17) is 4.74 Å². The van der Waals surface area contributed by atoms with E-state index >= 15 is 0 Å². The average molecular weight is 318 g/mol. The van der Waals surface area contributed by atoms with Crippen molar-refractivity contribution >= 4 is 22.4 Å². The second-order valence-corrected chi connectivity index (χ2v) is 6.62. The summed E-state index contributed by atoms with van der Waals surface area (Å²) in [5, 5.41) is 5.37. The van der Waals surface area contributed by atoms with Crippen molar-refractivity contribution in [1.29, 1.82) is 0 Å². The highest BCUT2D eigenvalue weighted by atomic mass is 32.1. The zero-order valence-electron chi connectivity index (χ0n) is 13.4. The lowest BCUT2D eigenvalue weighted by atomic mass is 10.0. The smallest absolute Gasteiger partial charge is 0.264 e. The Morgan fingerprint density at radius 2 is 1.95 bits per heavy atom. The number of nitrogens with zero attached hydrogens (tertiary/aromatic N) is 1. The number of benzene rings is 1. The fraction of sp³-hybridized carbons (Fsp3) is 0.412. The number of para-hydroxylation sites is 1. The summed E-state index contributed by atoms with van der Waals surface area (Å²) in [5.74, 6) is 1.28. The van der Waals surface area contributed by atoms with Crippen LogP contribution in [0, 0.1) is 0 Å². The number of nitrogens with one attached hydrogen (secondary N) is 1. The van der Waals surface area contributed by atoms with Gasteiger partial charge in [0.1, 0.15) is 5.75 Å². The Hall–Kier alpha value is -1.88. The number of hydrogen-bond donors (Lipinski definition) is 1. The summed E-state index contributed by atoms with van der Waals surface area (Å²) in [7, 11) is 0. The maximum absolute atomic E-state index is 12.0. The Bertz CT molecular complexity index is 635. The molecule has 0 atom stereocenters. The first-order valence-corrected chi connectivity index (χ1v) is 8.32. The fourth-order valence-electron chi connectivity index (χ4n) is 2.00. The molecule has 4 nitrogen and oxygen atoms in total. The van der Waals surface area contributed by atoms with Crippen molar-refractivity contribution in [1.82, 2.24) is 4.98 Å². The Morgan fingerprint density at radius 3 is 2.59 bits per heavy atom. The van der Waals surface area contributed by atoms with Crippen LogP contribution < -0.4 is 10.1 Å². The second-order valence-electron chi connectivity index (χ2n) is 5.76. The SMILES string of the molecule is CC(C)c1csc(NC(=O)COc2ccccc2C(C)C)n1. The zero-order valence-corrected chi connectivity index (χ0v) is 14.2. The molecule has 2 aromatic rings. The molecule has 0 aliphatic rings. The van der Waals surface area contributed by atoms with Crippen LogP contribution in [0.2, 0.25) is 0 Å². The van der Waals surface area contributed by atoms with Crippen molar-refractivity contribution in [3.8, 4) is 5.75 Å². The number of amides is 1. The number of carbonyl (C=O) groups excluding carboxylic acids is 1. The molecule has 1 heterocycles. The molecule has 0 bridgehead atoms. The summed E-state index contributed by atoms with van der Waals surface area (Å²) in [4.78, 5) is 16.4. The number of rotatable bonds is 6.